The normalized spacial score (nSPS) is 14.3. The minimum absolute atomic E-state index is 1.13. The Morgan fingerprint density at radius 2 is 2.08 bits per heavy atom. The predicted molar refractivity (Wildman–Crippen MR) is 52.8 cm³/mol. The lowest BCUT2D eigenvalue weighted by Crippen LogP contribution is -1.83. The van der Waals surface area contributed by atoms with E-state index in [1.54, 1.807) is 0 Å². The molecule has 0 atom stereocenters. The Hall–Kier alpha value is -1.04. The SMILES string of the molecule is CCC1=Cc2c(C)cccc2[CH]1. The maximum Gasteiger partial charge on any atom is 0.0164 e. The molecule has 0 N–H and O–H groups in total. The second-order valence-corrected chi connectivity index (χ2v) is 3.29. The molecule has 2 rings (SSSR count). The van der Waals surface area contributed by atoms with Crippen LogP contribution in [0.2, 0.25) is 0 Å². The topological polar surface area (TPSA) is 0 Å². The average Bonchev–Trinajstić information content (AvgIpc) is 2.49. The van der Waals surface area contributed by atoms with Crippen molar-refractivity contribution in [2.75, 3.05) is 0 Å². The Kier molecular flexibility index (Phi) is 1.76. The molecule has 0 aromatic heterocycles. The summed E-state index contributed by atoms with van der Waals surface area (Å²) in [7, 11) is 0. The highest BCUT2D eigenvalue weighted by molar-refractivity contribution is 5.71. The van der Waals surface area contributed by atoms with Crippen molar-refractivity contribution in [1.82, 2.24) is 0 Å². The molecule has 1 radical (unpaired) electrons. The molecular formula is C12H13. The zero-order chi connectivity index (χ0) is 8.55. The van der Waals surface area contributed by atoms with Gasteiger partial charge in [-0.15, -0.1) is 0 Å². The standard InChI is InChI=1S/C12H13/c1-3-10-7-11-6-4-5-9(2)12(11)8-10/h4-8H,3H2,1-2H3. The van der Waals surface area contributed by atoms with E-state index in [4.69, 9.17) is 0 Å². The van der Waals surface area contributed by atoms with Crippen LogP contribution in [0.5, 0.6) is 0 Å². The maximum atomic E-state index is 2.30. The Morgan fingerprint density at radius 1 is 1.25 bits per heavy atom. The third-order valence-corrected chi connectivity index (χ3v) is 2.44. The first-order valence-corrected chi connectivity index (χ1v) is 4.46. The second kappa shape index (κ2) is 2.78. The van der Waals surface area contributed by atoms with E-state index in [1.165, 1.54) is 22.3 Å². The Morgan fingerprint density at radius 3 is 2.75 bits per heavy atom. The molecule has 1 aromatic rings. The van der Waals surface area contributed by atoms with Crippen LogP contribution in [0.15, 0.2) is 23.8 Å². The molecule has 61 valence electrons. The van der Waals surface area contributed by atoms with E-state index in [9.17, 15) is 0 Å². The molecule has 0 heterocycles. The molecule has 0 unspecified atom stereocenters. The van der Waals surface area contributed by atoms with Crippen LogP contribution in [0.25, 0.3) is 6.08 Å². The first-order valence-electron chi connectivity index (χ1n) is 4.46. The van der Waals surface area contributed by atoms with Crippen LogP contribution in [-0.2, 0) is 0 Å². The zero-order valence-corrected chi connectivity index (χ0v) is 7.59. The van der Waals surface area contributed by atoms with Crippen molar-refractivity contribution in [2.45, 2.75) is 20.3 Å². The largest absolute Gasteiger partial charge is 0.0617 e. The van der Waals surface area contributed by atoms with Crippen molar-refractivity contribution in [3.63, 3.8) is 0 Å². The van der Waals surface area contributed by atoms with Gasteiger partial charge >= 0.3 is 0 Å². The van der Waals surface area contributed by atoms with Crippen LogP contribution in [0.3, 0.4) is 0 Å². The Balaban J connectivity index is 2.48. The van der Waals surface area contributed by atoms with Gasteiger partial charge in [-0.3, -0.25) is 0 Å². The first kappa shape index (κ1) is 7.60. The molecule has 12 heavy (non-hydrogen) atoms. The Labute approximate surface area is 73.9 Å². The molecule has 0 fully saturated rings. The van der Waals surface area contributed by atoms with Gasteiger partial charge in [0, 0.05) is 6.42 Å². The highest BCUT2D eigenvalue weighted by atomic mass is 14.2. The summed E-state index contributed by atoms with van der Waals surface area (Å²) in [5, 5.41) is 0. The van der Waals surface area contributed by atoms with Gasteiger partial charge in [0.2, 0.25) is 0 Å². The highest BCUT2D eigenvalue weighted by Gasteiger charge is 2.12. The molecule has 1 aliphatic carbocycles. The molecule has 0 amide bonds. The van der Waals surface area contributed by atoms with Crippen molar-refractivity contribution in [2.24, 2.45) is 0 Å². The Bertz CT molecular complexity index is 332. The number of aryl methyl sites for hydroxylation is 1. The molecule has 0 heteroatoms. The number of benzene rings is 1. The van der Waals surface area contributed by atoms with E-state index >= 15 is 0 Å². The van der Waals surface area contributed by atoms with Crippen molar-refractivity contribution >= 4 is 6.08 Å². The molecule has 1 aliphatic rings. The molecule has 1 aromatic carbocycles. The molecule has 0 bridgehead atoms. The van der Waals surface area contributed by atoms with E-state index in [1.807, 2.05) is 0 Å². The van der Waals surface area contributed by atoms with E-state index in [2.05, 4.69) is 44.5 Å². The molecule has 0 nitrogen and oxygen atoms in total. The van der Waals surface area contributed by atoms with E-state index < -0.39 is 0 Å². The van der Waals surface area contributed by atoms with Crippen molar-refractivity contribution in [3.05, 3.63) is 46.9 Å². The highest BCUT2D eigenvalue weighted by Crippen LogP contribution is 2.30. The maximum absolute atomic E-state index is 2.30. The van der Waals surface area contributed by atoms with Crippen molar-refractivity contribution in [1.29, 1.82) is 0 Å². The van der Waals surface area contributed by atoms with E-state index in [0.29, 0.717) is 0 Å². The predicted octanol–water partition coefficient (Wildman–Crippen LogP) is 3.35. The fraction of sp³-hybridized carbons (Fsp3) is 0.250. The number of hydrogen-bond donors (Lipinski definition) is 0. The lowest BCUT2D eigenvalue weighted by atomic mass is 10.0. The molecule has 0 saturated heterocycles. The minimum atomic E-state index is 1.13. The van der Waals surface area contributed by atoms with Crippen LogP contribution in [-0.4, -0.2) is 0 Å². The quantitative estimate of drug-likeness (QED) is 0.586. The van der Waals surface area contributed by atoms with E-state index in [-0.39, 0.29) is 0 Å². The van der Waals surface area contributed by atoms with Gasteiger partial charge in [0.25, 0.3) is 0 Å². The number of allylic oxidation sites excluding steroid dienone is 1. The molecule has 0 spiro atoms. The van der Waals surface area contributed by atoms with E-state index in [0.717, 1.165) is 6.42 Å². The van der Waals surface area contributed by atoms with Crippen LogP contribution < -0.4 is 0 Å². The van der Waals surface area contributed by atoms with Gasteiger partial charge in [-0.25, -0.2) is 0 Å². The summed E-state index contributed by atoms with van der Waals surface area (Å²) in [6, 6.07) is 6.47. The number of fused-ring (bicyclic) bond motifs is 1. The van der Waals surface area contributed by atoms with Gasteiger partial charge in [0.1, 0.15) is 0 Å². The summed E-state index contributed by atoms with van der Waals surface area (Å²) >= 11 is 0. The molecular weight excluding hydrogens is 144 g/mol. The fourth-order valence-electron chi connectivity index (χ4n) is 1.66. The van der Waals surface area contributed by atoms with Crippen LogP contribution in [0, 0.1) is 13.3 Å². The summed E-state index contributed by atoms with van der Waals surface area (Å²) in [5.41, 5.74) is 5.62. The lowest BCUT2D eigenvalue weighted by molar-refractivity contribution is 1.14. The fourth-order valence-corrected chi connectivity index (χ4v) is 1.66. The summed E-state index contributed by atoms with van der Waals surface area (Å²) in [4.78, 5) is 0. The van der Waals surface area contributed by atoms with Gasteiger partial charge in [-0.1, -0.05) is 36.8 Å². The molecule has 0 aliphatic heterocycles. The van der Waals surface area contributed by atoms with Gasteiger partial charge in [0.15, 0.2) is 0 Å². The van der Waals surface area contributed by atoms with Gasteiger partial charge in [0.05, 0.1) is 0 Å². The third kappa shape index (κ3) is 1.08. The number of hydrogen-bond acceptors (Lipinski definition) is 0. The van der Waals surface area contributed by atoms with Crippen molar-refractivity contribution in [3.8, 4) is 0 Å². The van der Waals surface area contributed by atoms with Gasteiger partial charge < -0.3 is 0 Å². The first-order chi connectivity index (χ1) is 5.81. The zero-order valence-electron chi connectivity index (χ0n) is 7.59. The lowest BCUT2D eigenvalue weighted by Gasteiger charge is -2.00. The van der Waals surface area contributed by atoms with Crippen LogP contribution in [0.4, 0.5) is 0 Å². The average molecular weight is 157 g/mol. The summed E-state index contributed by atoms with van der Waals surface area (Å²) < 4.78 is 0. The number of rotatable bonds is 1. The third-order valence-electron chi connectivity index (χ3n) is 2.44. The van der Waals surface area contributed by atoms with Crippen LogP contribution >= 0.6 is 0 Å². The van der Waals surface area contributed by atoms with Gasteiger partial charge in [-0.05, 0) is 30.0 Å². The minimum Gasteiger partial charge on any atom is -0.0617 e. The molecule has 0 saturated carbocycles. The summed E-state index contributed by atoms with van der Waals surface area (Å²) in [6.45, 7) is 4.37. The monoisotopic (exact) mass is 157 g/mol. The summed E-state index contributed by atoms with van der Waals surface area (Å²) in [5.74, 6) is 0. The second-order valence-electron chi connectivity index (χ2n) is 3.29. The van der Waals surface area contributed by atoms with Crippen molar-refractivity contribution < 1.29 is 0 Å². The smallest absolute Gasteiger partial charge is 0.0164 e. The van der Waals surface area contributed by atoms with Gasteiger partial charge in [-0.2, -0.15) is 0 Å². The summed E-state index contributed by atoms with van der Waals surface area (Å²) in [6.07, 6.45) is 5.71. The van der Waals surface area contributed by atoms with Crippen LogP contribution in [0.1, 0.15) is 30.0 Å².